The summed E-state index contributed by atoms with van der Waals surface area (Å²) in [6, 6.07) is 15.1. The summed E-state index contributed by atoms with van der Waals surface area (Å²) in [5.74, 6) is 0.208. The molecule has 0 bridgehead atoms. The Bertz CT molecular complexity index is 1230. The van der Waals surface area contributed by atoms with Crippen molar-refractivity contribution in [1.29, 1.82) is 0 Å². The molecule has 0 saturated carbocycles. The lowest BCUT2D eigenvalue weighted by Crippen LogP contribution is -2.32. The summed E-state index contributed by atoms with van der Waals surface area (Å²) in [6.45, 7) is 7.49. The largest absolute Gasteiger partial charge is 0.438 e. The topological polar surface area (TPSA) is 97.4 Å². The van der Waals surface area contributed by atoms with Gasteiger partial charge in [0.1, 0.15) is 11.3 Å². The Kier molecular flexibility index (Phi) is 7.15. The smallest absolute Gasteiger partial charge is 0.262 e. The number of anilines is 1. The minimum Gasteiger partial charge on any atom is -0.438 e. The molecule has 2 N–H and O–H groups in total. The fraction of sp³-hybridized carbons (Fsp3) is 0.250. The fourth-order valence-electron chi connectivity index (χ4n) is 2.99. The molecular formula is C24H27N3O4S. The molecule has 0 aliphatic heterocycles. The first-order valence-electron chi connectivity index (χ1n) is 10.3. The van der Waals surface area contributed by atoms with Crippen molar-refractivity contribution >= 4 is 21.6 Å². The molecular weight excluding hydrogens is 426 g/mol. The van der Waals surface area contributed by atoms with Gasteiger partial charge in [-0.2, -0.15) is 0 Å². The molecule has 1 aromatic heterocycles. The zero-order valence-electron chi connectivity index (χ0n) is 18.5. The lowest BCUT2D eigenvalue weighted by atomic mass is 10.2. The van der Waals surface area contributed by atoms with Gasteiger partial charge in [-0.1, -0.05) is 25.1 Å². The van der Waals surface area contributed by atoms with Gasteiger partial charge in [-0.15, -0.1) is 0 Å². The highest BCUT2D eigenvalue weighted by molar-refractivity contribution is 7.92. The summed E-state index contributed by atoms with van der Waals surface area (Å²) in [7, 11) is -3.78. The number of hydrogen-bond acceptors (Lipinski definition) is 5. The van der Waals surface area contributed by atoms with Crippen LogP contribution in [0.1, 0.15) is 41.8 Å². The zero-order chi connectivity index (χ0) is 23.3. The Morgan fingerprint density at radius 1 is 1.09 bits per heavy atom. The summed E-state index contributed by atoms with van der Waals surface area (Å²) in [4.78, 5) is 17.0. The van der Waals surface area contributed by atoms with Crippen molar-refractivity contribution in [2.24, 2.45) is 0 Å². The number of nitrogens with zero attached hydrogens (tertiary/aromatic N) is 1. The predicted octanol–water partition coefficient (Wildman–Crippen LogP) is 4.82. The fourth-order valence-corrected chi connectivity index (χ4v) is 4.37. The van der Waals surface area contributed by atoms with Gasteiger partial charge in [0.25, 0.3) is 15.9 Å². The Hall–Kier alpha value is -3.39. The van der Waals surface area contributed by atoms with E-state index in [9.17, 15) is 13.2 Å². The number of ether oxygens (including phenoxy) is 1. The third kappa shape index (κ3) is 5.64. The summed E-state index contributed by atoms with van der Waals surface area (Å²) in [6.07, 6.45) is 2.33. The normalized spacial score (nSPS) is 12.1. The lowest BCUT2D eigenvalue weighted by molar-refractivity contribution is 0.0936. The Morgan fingerprint density at radius 3 is 2.62 bits per heavy atom. The number of aromatic nitrogens is 1. The second-order valence-corrected chi connectivity index (χ2v) is 9.29. The van der Waals surface area contributed by atoms with E-state index in [2.05, 4.69) is 15.0 Å². The first kappa shape index (κ1) is 23.3. The van der Waals surface area contributed by atoms with Gasteiger partial charge in [0.2, 0.25) is 5.88 Å². The molecule has 1 atom stereocenters. The second-order valence-electron chi connectivity index (χ2n) is 7.64. The molecule has 0 aliphatic rings. The van der Waals surface area contributed by atoms with E-state index in [0.717, 1.165) is 12.0 Å². The van der Waals surface area contributed by atoms with Crippen LogP contribution >= 0.6 is 0 Å². The number of pyridine rings is 1. The molecule has 0 aliphatic carbocycles. The van der Waals surface area contributed by atoms with Crippen molar-refractivity contribution in [3.63, 3.8) is 0 Å². The molecule has 32 heavy (non-hydrogen) atoms. The quantitative estimate of drug-likeness (QED) is 0.510. The molecule has 0 unspecified atom stereocenters. The average molecular weight is 454 g/mol. The van der Waals surface area contributed by atoms with Crippen LogP contribution in [0.4, 0.5) is 5.69 Å². The third-order valence-electron chi connectivity index (χ3n) is 4.94. The first-order valence-corrected chi connectivity index (χ1v) is 11.8. The highest BCUT2D eigenvalue weighted by Gasteiger charge is 2.19. The van der Waals surface area contributed by atoms with Gasteiger partial charge >= 0.3 is 0 Å². The number of benzene rings is 2. The number of carbonyl (C=O) groups excluding carboxylic acids is 1. The summed E-state index contributed by atoms with van der Waals surface area (Å²) in [5, 5.41) is 2.89. The average Bonchev–Trinajstić information content (AvgIpc) is 2.75. The number of sulfonamides is 1. The minimum atomic E-state index is -3.78. The van der Waals surface area contributed by atoms with E-state index in [1.165, 1.54) is 6.20 Å². The van der Waals surface area contributed by atoms with Crippen LogP contribution in [0.3, 0.4) is 0 Å². The van der Waals surface area contributed by atoms with Crippen LogP contribution in [0.15, 0.2) is 65.7 Å². The number of carbonyl (C=O) groups is 1. The van der Waals surface area contributed by atoms with Gasteiger partial charge in [0.15, 0.2) is 0 Å². The maximum atomic E-state index is 12.9. The molecule has 0 radical (unpaired) electrons. The van der Waals surface area contributed by atoms with Crippen molar-refractivity contribution in [1.82, 2.24) is 10.3 Å². The van der Waals surface area contributed by atoms with Crippen LogP contribution in [-0.4, -0.2) is 25.4 Å². The summed E-state index contributed by atoms with van der Waals surface area (Å²) >= 11 is 0. The van der Waals surface area contributed by atoms with Crippen LogP contribution in [0, 0.1) is 13.8 Å². The summed E-state index contributed by atoms with van der Waals surface area (Å²) < 4.78 is 34.2. The van der Waals surface area contributed by atoms with Crippen molar-refractivity contribution in [3.05, 3.63) is 77.5 Å². The van der Waals surface area contributed by atoms with Crippen LogP contribution < -0.4 is 14.8 Å². The molecule has 8 heteroatoms. The van der Waals surface area contributed by atoms with Gasteiger partial charge in [-0.25, -0.2) is 13.4 Å². The Balaban J connectivity index is 1.84. The molecule has 1 heterocycles. The SMILES string of the molecule is CC[C@H](C)NC(=O)c1cccnc1Oc1cccc(NS(=O)(=O)c2cc(C)ccc2C)c1. The number of hydrogen-bond donors (Lipinski definition) is 2. The van der Waals surface area contributed by atoms with E-state index in [0.29, 0.717) is 22.6 Å². The monoisotopic (exact) mass is 453 g/mol. The predicted molar refractivity (Wildman–Crippen MR) is 125 cm³/mol. The summed E-state index contributed by atoms with van der Waals surface area (Å²) in [5.41, 5.74) is 2.14. The molecule has 3 rings (SSSR count). The van der Waals surface area contributed by atoms with E-state index in [-0.39, 0.29) is 22.7 Å². The maximum Gasteiger partial charge on any atom is 0.262 e. The number of rotatable bonds is 8. The molecule has 1 amide bonds. The number of aryl methyl sites for hydroxylation is 2. The second kappa shape index (κ2) is 9.82. The molecule has 0 saturated heterocycles. The van der Waals surface area contributed by atoms with Gasteiger partial charge in [0.05, 0.1) is 10.6 Å². The maximum absolute atomic E-state index is 12.9. The lowest BCUT2D eigenvalue weighted by Gasteiger charge is -2.14. The van der Waals surface area contributed by atoms with E-state index < -0.39 is 10.0 Å². The molecule has 168 valence electrons. The first-order chi connectivity index (χ1) is 15.2. The molecule has 3 aromatic rings. The molecule has 0 spiro atoms. The van der Waals surface area contributed by atoms with Gasteiger partial charge in [-0.3, -0.25) is 9.52 Å². The highest BCUT2D eigenvalue weighted by atomic mass is 32.2. The van der Waals surface area contributed by atoms with Crippen molar-refractivity contribution in [2.75, 3.05) is 4.72 Å². The van der Waals surface area contributed by atoms with Crippen LogP contribution in [-0.2, 0) is 10.0 Å². The van der Waals surface area contributed by atoms with Crippen LogP contribution in [0.2, 0.25) is 0 Å². The van der Waals surface area contributed by atoms with Crippen LogP contribution in [0.5, 0.6) is 11.6 Å². The van der Waals surface area contributed by atoms with Crippen molar-refractivity contribution < 1.29 is 17.9 Å². The zero-order valence-corrected chi connectivity index (χ0v) is 19.4. The van der Waals surface area contributed by atoms with E-state index in [4.69, 9.17) is 4.74 Å². The van der Waals surface area contributed by atoms with Crippen molar-refractivity contribution in [3.8, 4) is 11.6 Å². The van der Waals surface area contributed by atoms with Crippen molar-refractivity contribution in [2.45, 2.75) is 45.1 Å². The van der Waals surface area contributed by atoms with Gasteiger partial charge in [0, 0.05) is 18.3 Å². The highest BCUT2D eigenvalue weighted by Crippen LogP contribution is 2.27. The Morgan fingerprint density at radius 2 is 1.88 bits per heavy atom. The number of nitrogens with one attached hydrogen (secondary N) is 2. The molecule has 0 fully saturated rings. The minimum absolute atomic E-state index is 0.0124. The van der Waals surface area contributed by atoms with E-state index in [1.54, 1.807) is 55.5 Å². The van der Waals surface area contributed by atoms with Gasteiger partial charge in [-0.05, 0) is 68.7 Å². The molecule has 2 aromatic carbocycles. The molecule has 7 nitrogen and oxygen atoms in total. The van der Waals surface area contributed by atoms with Crippen LogP contribution in [0.25, 0.3) is 0 Å². The third-order valence-corrected chi connectivity index (χ3v) is 6.46. The Labute approximate surface area is 188 Å². The van der Waals surface area contributed by atoms with E-state index >= 15 is 0 Å². The number of amides is 1. The van der Waals surface area contributed by atoms with E-state index in [1.807, 2.05) is 26.8 Å². The van der Waals surface area contributed by atoms with Gasteiger partial charge < -0.3 is 10.1 Å². The standard InChI is InChI=1S/C24H27N3O4S/c1-5-18(4)26-23(28)21-10-7-13-25-24(21)31-20-9-6-8-19(15-20)27-32(29,30)22-14-16(2)11-12-17(22)3/h6-15,18,27H,5H2,1-4H3,(H,26,28)/t18-/m0/s1.